The van der Waals surface area contributed by atoms with Gasteiger partial charge in [0.25, 0.3) is 0 Å². The van der Waals surface area contributed by atoms with Gasteiger partial charge >= 0.3 is 0 Å². The van der Waals surface area contributed by atoms with Gasteiger partial charge in [-0.05, 0) is 36.1 Å². The van der Waals surface area contributed by atoms with Gasteiger partial charge in [0.2, 0.25) is 11.0 Å². The van der Waals surface area contributed by atoms with Gasteiger partial charge in [0.1, 0.15) is 0 Å². The maximum absolute atomic E-state index is 11.4. The molecule has 1 heterocycles. The molecule has 0 atom stereocenters. The van der Waals surface area contributed by atoms with Crippen LogP contribution in [-0.2, 0) is 11.3 Å². The first-order chi connectivity index (χ1) is 13.2. The van der Waals surface area contributed by atoms with E-state index in [1.807, 2.05) is 36.6 Å². The van der Waals surface area contributed by atoms with Crippen LogP contribution in [-0.4, -0.2) is 17.1 Å². The second kappa shape index (κ2) is 9.43. The Morgan fingerprint density at radius 1 is 1.15 bits per heavy atom. The summed E-state index contributed by atoms with van der Waals surface area (Å²) in [4.78, 5) is 17.2. The Bertz CT molecular complexity index is 918. The molecule has 0 radical (unpaired) electrons. The molecule has 0 aliphatic heterocycles. The number of aromatic nitrogens is 1. The number of rotatable bonds is 7. The molecule has 1 aromatic heterocycles. The average molecular weight is 397 g/mol. The molecule has 0 fully saturated rings. The molecule has 7 heteroatoms. The fraction of sp³-hybridized carbons (Fsp3) is 0.200. The minimum atomic E-state index is 0.00203. The van der Waals surface area contributed by atoms with Crippen LogP contribution in [0.25, 0.3) is 11.3 Å². The highest BCUT2D eigenvalue weighted by Crippen LogP contribution is 2.28. The lowest BCUT2D eigenvalue weighted by molar-refractivity contribution is -0.115. The minimum Gasteiger partial charge on any atom is -0.326 e. The average Bonchev–Trinajstić information content (AvgIpc) is 3.18. The second-order valence-electron chi connectivity index (χ2n) is 5.74. The molecule has 3 aromatic rings. The summed E-state index contributed by atoms with van der Waals surface area (Å²) in [6.45, 7) is 2.36. The van der Waals surface area contributed by atoms with Gasteiger partial charge in [-0.3, -0.25) is 4.79 Å². The molecular formula is C20H20N4OS2. The van der Waals surface area contributed by atoms with Crippen LogP contribution in [0.5, 0.6) is 0 Å². The predicted octanol–water partition coefficient (Wildman–Crippen LogP) is 6.16. The Kier molecular flexibility index (Phi) is 6.73. The normalized spacial score (nSPS) is 11.0. The molecule has 0 spiro atoms. The van der Waals surface area contributed by atoms with Crippen LogP contribution in [0.15, 0.2) is 69.0 Å². The zero-order valence-corrected chi connectivity index (χ0v) is 16.8. The maximum atomic E-state index is 11.4. The van der Waals surface area contributed by atoms with Crippen LogP contribution in [0.3, 0.4) is 0 Å². The molecule has 1 N–H and O–H groups in total. The first-order valence-corrected chi connectivity index (χ1v) is 10.6. The number of carbonyl (C=O) groups excluding carboxylic acids is 1. The number of amides is 1. The van der Waals surface area contributed by atoms with Crippen LogP contribution in [0.4, 0.5) is 10.8 Å². The Morgan fingerprint density at radius 3 is 2.56 bits per heavy atom. The molecule has 27 heavy (non-hydrogen) atoms. The summed E-state index contributed by atoms with van der Waals surface area (Å²) >= 11 is 3.18. The number of thioether (sulfide) groups is 1. The third-order valence-corrected chi connectivity index (χ3v) is 5.31. The fourth-order valence-corrected chi connectivity index (χ4v) is 3.39. The molecule has 1 amide bonds. The van der Waals surface area contributed by atoms with E-state index < -0.39 is 0 Å². The maximum Gasteiger partial charge on any atom is 0.230 e. The summed E-state index contributed by atoms with van der Waals surface area (Å²) in [5.74, 6) is 0.00203. The topological polar surface area (TPSA) is 66.7 Å². The molecule has 3 rings (SSSR count). The summed E-state index contributed by atoms with van der Waals surface area (Å²) in [5.41, 5.74) is 3.74. The lowest BCUT2D eigenvalue weighted by Gasteiger charge is -2.03. The SMILES string of the molecule is CCC(=O)Nc1ccc(-c2csc(N=NCc3ccc(SC)cc3)n2)cc1. The number of anilines is 1. The molecule has 0 aliphatic rings. The summed E-state index contributed by atoms with van der Waals surface area (Å²) in [6.07, 6.45) is 2.52. The Morgan fingerprint density at radius 2 is 1.89 bits per heavy atom. The first kappa shape index (κ1) is 19.3. The number of azo groups is 1. The number of thiazole rings is 1. The quantitative estimate of drug-likeness (QED) is 0.384. The van der Waals surface area contributed by atoms with Crippen molar-refractivity contribution in [3.63, 3.8) is 0 Å². The zero-order chi connectivity index (χ0) is 19.1. The molecule has 2 aromatic carbocycles. The van der Waals surface area contributed by atoms with Crippen molar-refractivity contribution in [3.8, 4) is 11.3 Å². The molecular weight excluding hydrogens is 376 g/mol. The summed E-state index contributed by atoms with van der Waals surface area (Å²) in [6, 6.07) is 15.9. The molecule has 0 bridgehead atoms. The van der Waals surface area contributed by atoms with E-state index in [4.69, 9.17) is 0 Å². The van der Waals surface area contributed by atoms with Gasteiger partial charge in [0.15, 0.2) is 0 Å². The van der Waals surface area contributed by atoms with Gasteiger partial charge in [0, 0.05) is 27.9 Å². The number of hydrogen-bond donors (Lipinski definition) is 1. The number of benzene rings is 2. The van der Waals surface area contributed by atoms with Crippen molar-refractivity contribution >= 4 is 39.8 Å². The number of carbonyl (C=O) groups is 1. The van der Waals surface area contributed by atoms with Crippen LogP contribution >= 0.6 is 23.1 Å². The molecule has 0 unspecified atom stereocenters. The standard InChI is InChI=1S/C20H20N4OS2/c1-3-19(25)22-16-8-6-15(7-9-16)18-13-27-20(23-18)24-21-12-14-4-10-17(26-2)11-5-14/h4-11,13H,3,12H2,1-2H3,(H,22,25). The van der Waals surface area contributed by atoms with Gasteiger partial charge in [-0.1, -0.05) is 31.2 Å². The van der Waals surface area contributed by atoms with E-state index in [-0.39, 0.29) is 5.91 Å². The number of hydrogen-bond acceptors (Lipinski definition) is 6. The van der Waals surface area contributed by atoms with Crippen molar-refractivity contribution in [2.75, 3.05) is 11.6 Å². The van der Waals surface area contributed by atoms with Crippen molar-refractivity contribution in [2.45, 2.75) is 24.8 Å². The van der Waals surface area contributed by atoms with Crippen molar-refractivity contribution in [1.29, 1.82) is 0 Å². The predicted molar refractivity (Wildman–Crippen MR) is 113 cm³/mol. The Labute approximate surface area is 167 Å². The minimum absolute atomic E-state index is 0.00203. The van der Waals surface area contributed by atoms with Gasteiger partial charge in [0.05, 0.1) is 12.2 Å². The third-order valence-electron chi connectivity index (χ3n) is 3.85. The Balaban J connectivity index is 1.61. The van der Waals surface area contributed by atoms with Gasteiger partial charge in [-0.15, -0.1) is 28.2 Å². The number of nitrogens with zero attached hydrogens (tertiary/aromatic N) is 3. The molecule has 138 valence electrons. The van der Waals surface area contributed by atoms with E-state index in [1.165, 1.54) is 16.2 Å². The van der Waals surface area contributed by atoms with E-state index in [1.54, 1.807) is 11.8 Å². The fourth-order valence-electron chi connectivity index (χ4n) is 2.32. The van der Waals surface area contributed by atoms with E-state index in [0.717, 1.165) is 22.5 Å². The third kappa shape index (κ3) is 5.48. The van der Waals surface area contributed by atoms with Gasteiger partial charge in [-0.2, -0.15) is 5.11 Å². The van der Waals surface area contributed by atoms with Crippen LogP contribution in [0.2, 0.25) is 0 Å². The highest BCUT2D eigenvalue weighted by atomic mass is 32.2. The molecule has 0 saturated carbocycles. The van der Waals surface area contributed by atoms with Crippen molar-refractivity contribution < 1.29 is 4.79 Å². The van der Waals surface area contributed by atoms with Gasteiger partial charge < -0.3 is 5.32 Å². The van der Waals surface area contributed by atoms with E-state index in [2.05, 4.69) is 51.1 Å². The largest absolute Gasteiger partial charge is 0.326 e. The molecule has 0 saturated heterocycles. The molecule has 0 aliphatic carbocycles. The highest BCUT2D eigenvalue weighted by Gasteiger charge is 2.05. The van der Waals surface area contributed by atoms with Crippen molar-refractivity contribution in [2.24, 2.45) is 10.2 Å². The van der Waals surface area contributed by atoms with Crippen LogP contribution in [0, 0.1) is 0 Å². The van der Waals surface area contributed by atoms with E-state index >= 15 is 0 Å². The first-order valence-electron chi connectivity index (χ1n) is 8.54. The smallest absolute Gasteiger partial charge is 0.230 e. The van der Waals surface area contributed by atoms with Crippen molar-refractivity contribution in [3.05, 3.63) is 59.5 Å². The second-order valence-corrected chi connectivity index (χ2v) is 7.46. The highest BCUT2D eigenvalue weighted by molar-refractivity contribution is 7.98. The lowest BCUT2D eigenvalue weighted by atomic mass is 10.1. The monoisotopic (exact) mass is 396 g/mol. The van der Waals surface area contributed by atoms with Crippen LogP contribution in [0.1, 0.15) is 18.9 Å². The lowest BCUT2D eigenvalue weighted by Crippen LogP contribution is -2.08. The van der Waals surface area contributed by atoms with Crippen LogP contribution < -0.4 is 5.32 Å². The zero-order valence-electron chi connectivity index (χ0n) is 15.2. The summed E-state index contributed by atoms with van der Waals surface area (Å²) in [5, 5.41) is 13.9. The number of nitrogens with one attached hydrogen (secondary N) is 1. The molecule has 5 nitrogen and oxygen atoms in total. The van der Waals surface area contributed by atoms with E-state index in [0.29, 0.717) is 18.1 Å². The summed E-state index contributed by atoms with van der Waals surface area (Å²) in [7, 11) is 0. The summed E-state index contributed by atoms with van der Waals surface area (Å²) < 4.78 is 0. The van der Waals surface area contributed by atoms with E-state index in [9.17, 15) is 4.79 Å². The van der Waals surface area contributed by atoms with Gasteiger partial charge in [-0.25, -0.2) is 4.98 Å². The Hall–Kier alpha value is -2.51. The van der Waals surface area contributed by atoms with Crippen molar-refractivity contribution in [1.82, 2.24) is 4.98 Å².